The highest BCUT2D eigenvalue weighted by Gasteiger charge is 2.36. The minimum atomic E-state index is -0.907. The predicted molar refractivity (Wildman–Crippen MR) is 84.7 cm³/mol. The van der Waals surface area contributed by atoms with E-state index in [1.165, 1.54) is 6.07 Å². The summed E-state index contributed by atoms with van der Waals surface area (Å²) in [7, 11) is 0. The van der Waals surface area contributed by atoms with Gasteiger partial charge in [0.05, 0.1) is 19.8 Å². The molecule has 2 N–H and O–H groups in total. The van der Waals surface area contributed by atoms with Gasteiger partial charge in [-0.05, 0) is 6.07 Å². The normalized spacial score (nSPS) is 24.3. The SMILES string of the molecule is Cl.NC1=C[N+](CCN2CCOCC2)(c2ccc(F)c(F)c2)N=N1. The van der Waals surface area contributed by atoms with Crippen LogP contribution in [-0.2, 0) is 4.74 Å². The molecule has 2 aliphatic heterocycles. The number of rotatable bonds is 4. The Morgan fingerprint density at radius 3 is 2.57 bits per heavy atom. The summed E-state index contributed by atoms with van der Waals surface area (Å²) in [5, 5.41) is 8.03. The first-order valence-corrected chi connectivity index (χ1v) is 7.14. The van der Waals surface area contributed by atoms with Gasteiger partial charge in [-0.1, -0.05) is 5.11 Å². The van der Waals surface area contributed by atoms with Crippen molar-refractivity contribution in [1.29, 1.82) is 0 Å². The maximum absolute atomic E-state index is 13.6. The quantitative estimate of drug-likeness (QED) is 0.850. The average Bonchev–Trinajstić information content (AvgIpc) is 2.92. The molecule has 1 aromatic carbocycles. The van der Waals surface area contributed by atoms with E-state index < -0.39 is 11.6 Å². The van der Waals surface area contributed by atoms with E-state index in [1.807, 2.05) is 0 Å². The Balaban J connectivity index is 0.00000192. The number of nitrogens with two attached hydrogens (primary N) is 1. The smallest absolute Gasteiger partial charge is 0.208 e. The number of benzene rings is 1. The van der Waals surface area contributed by atoms with Crippen molar-refractivity contribution in [1.82, 2.24) is 9.49 Å². The zero-order chi connectivity index (χ0) is 15.6. The lowest BCUT2D eigenvalue weighted by atomic mass is 10.2. The molecule has 9 heteroatoms. The first kappa shape index (κ1) is 17.7. The lowest BCUT2D eigenvalue weighted by molar-refractivity contribution is 0.0354. The second-order valence-electron chi connectivity index (χ2n) is 5.35. The van der Waals surface area contributed by atoms with Crippen LogP contribution in [0.5, 0.6) is 0 Å². The van der Waals surface area contributed by atoms with Crippen LogP contribution in [0.3, 0.4) is 0 Å². The van der Waals surface area contributed by atoms with Gasteiger partial charge in [0, 0.05) is 30.4 Å². The zero-order valence-electron chi connectivity index (χ0n) is 12.5. The van der Waals surface area contributed by atoms with Crippen LogP contribution in [0.2, 0.25) is 0 Å². The Morgan fingerprint density at radius 2 is 1.96 bits per heavy atom. The van der Waals surface area contributed by atoms with E-state index in [0.717, 1.165) is 31.8 Å². The van der Waals surface area contributed by atoms with Crippen molar-refractivity contribution in [3.05, 3.63) is 41.9 Å². The van der Waals surface area contributed by atoms with Crippen molar-refractivity contribution in [3.8, 4) is 0 Å². The van der Waals surface area contributed by atoms with Gasteiger partial charge in [0.15, 0.2) is 23.5 Å². The molecule has 6 nitrogen and oxygen atoms in total. The van der Waals surface area contributed by atoms with Crippen LogP contribution >= 0.6 is 12.4 Å². The summed E-state index contributed by atoms with van der Waals surface area (Å²) in [4.78, 5) is 2.24. The molecule has 0 saturated carbocycles. The van der Waals surface area contributed by atoms with Crippen LogP contribution in [0.15, 0.2) is 40.6 Å². The molecule has 1 unspecified atom stereocenters. The lowest BCUT2D eigenvalue weighted by Crippen LogP contribution is -2.46. The fourth-order valence-electron chi connectivity index (χ4n) is 2.61. The van der Waals surface area contributed by atoms with Gasteiger partial charge in [-0.25, -0.2) is 8.78 Å². The van der Waals surface area contributed by atoms with Crippen LogP contribution in [0.1, 0.15) is 0 Å². The van der Waals surface area contributed by atoms with Gasteiger partial charge in [0.25, 0.3) is 0 Å². The highest BCUT2D eigenvalue weighted by atomic mass is 35.5. The molecule has 0 aromatic heterocycles. The highest BCUT2D eigenvalue weighted by Crippen LogP contribution is 2.31. The molecule has 0 spiro atoms. The Bertz CT molecular complexity index is 621. The van der Waals surface area contributed by atoms with E-state index >= 15 is 0 Å². The van der Waals surface area contributed by atoms with E-state index in [0.29, 0.717) is 25.4 Å². The molecule has 2 heterocycles. The Morgan fingerprint density at radius 1 is 1.22 bits per heavy atom. The third kappa shape index (κ3) is 3.84. The lowest BCUT2D eigenvalue weighted by Gasteiger charge is -2.30. The van der Waals surface area contributed by atoms with Crippen molar-refractivity contribution in [3.63, 3.8) is 0 Å². The third-order valence-electron chi connectivity index (χ3n) is 3.88. The zero-order valence-corrected chi connectivity index (χ0v) is 13.3. The van der Waals surface area contributed by atoms with Crippen LogP contribution in [0.25, 0.3) is 0 Å². The fourth-order valence-corrected chi connectivity index (χ4v) is 2.61. The standard InChI is InChI=1S/C14H18F2N5O.ClH/c15-12-2-1-11(9-13(12)16)21(10-14(17)18-19-21)6-3-20-4-7-22-8-5-20;/h1-2,9-10H,3-8,17H2;1H/q+1;. The maximum atomic E-state index is 13.6. The topological polar surface area (TPSA) is 63.2 Å². The molecule has 0 aliphatic carbocycles. The summed E-state index contributed by atoms with van der Waals surface area (Å²) in [6.45, 7) is 4.35. The van der Waals surface area contributed by atoms with Gasteiger partial charge >= 0.3 is 0 Å². The van der Waals surface area contributed by atoms with Crippen LogP contribution in [0.4, 0.5) is 14.5 Å². The molecule has 3 rings (SSSR count). The number of hydrogen-bond acceptors (Lipinski definition) is 5. The van der Waals surface area contributed by atoms with Crippen molar-refractivity contribution in [2.24, 2.45) is 16.1 Å². The summed E-state index contributed by atoms with van der Waals surface area (Å²) in [6, 6.07) is 3.74. The van der Waals surface area contributed by atoms with Gasteiger partial charge in [-0.3, -0.25) is 4.90 Å². The molecule has 0 radical (unpaired) electrons. The first-order valence-electron chi connectivity index (χ1n) is 7.14. The first-order chi connectivity index (χ1) is 10.6. The van der Waals surface area contributed by atoms with Gasteiger partial charge in [0.1, 0.15) is 6.54 Å². The maximum Gasteiger partial charge on any atom is 0.208 e. The van der Waals surface area contributed by atoms with Crippen molar-refractivity contribution >= 4 is 18.1 Å². The third-order valence-corrected chi connectivity index (χ3v) is 3.88. The monoisotopic (exact) mass is 346 g/mol. The second-order valence-corrected chi connectivity index (χ2v) is 5.35. The van der Waals surface area contributed by atoms with Gasteiger partial charge in [-0.2, -0.15) is 0 Å². The number of hydrogen-bond donors (Lipinski definition) is 1. The van der Waals surface area contributed by atoms with E-state index in [9.17, 15) is 8.78 Å². The largest absolute Gasteiger partial charge is 0.379 e. The van der Waals surface area contributed by atoms with Crippen molar-refractivity contribution in [2.75, 3.05) is 39.4 Å². The fraction of sp³-hybridized carbons (Fsp3) is 0.429. The number of nitrogens with zero attached hydrogens (tertiary/aromatic N) is 4. The summed E-state index contributed by atoms with van der Waals surface area (Å²) >= 11 is 0. The molecule has 126 valence electrons. The van der Waals surface area contributed by atoms with Gasteiger partial charge in [0.2, 0.25) is 5.82 Å². The molecule has 0 bridgehead atoms. The molecular formula is C14H19ClF2N5O+. The van der Waals surface area contributed by atoms with Gasteiger partial charge < -0.3 is 10.5 Å². The van der Waals surface area contributed by atoms with E-state index in [2.05, 4.69) is 15.2 Å². The molecule has 1 atom stereocenters. The molecule has 23 heavy (non-hydrogen) atoms. The Labute approximate surface area is 139 Å². The molecule has 1 fully saturated rings. The Hall–Kier alpha value is -1.61. The molecule has 0 amide bonds. The Kier molecular flexibility index (Phi) is 5.64. The highest BCUT2D eigenvalue weighted by molar-refractivity contribution is 5.85. The van der Waals surface area contributed by atoms with Crippen LogP contribution in [0, 0.1) is 11.6 Å². The van der Waals surface area contributed by atoms with Crippen LogP contribution in [-0.4, -0.2) is 44.3 Å². The summed E-state index contributed by atoms with van der Waals surface area (Å²) in [5.74, 6) is -1.52. The van der Waals surface area contributed by atoms with Gasteiger partial charge in [-0.15, -0.1) is 17.0 Å². The summed E-state index contributed by atoms with van der Waals surface area (Å²) in [5.41, 5.74) is 6.20. The summed E-state index contributed by atoms with van der Waals surface area (Å²) < 4.78 is 32.0. The predicted octanol–water partition coefficient (Wildman–Crippen LogP) is 2.16. The number of quaternary nitrogens is 1. The second kappa shape index (κ2) is 7.31. The van der Waals surface area contributed by atoms with E-state index in [-0.39, 0.29) is 22.8 Å². The number of halogens is 3. The van der Waals surface area contributed by atoms with E-state index in [4.69, 9.17) is 10.5 Å². The molecule has 1 aromatic rings. The molecule has 2 aliphatic rings. The van der Waals surface area contributed by atoms with Crippen molar-refractivity contribution in [2.45, 2.75) is 0 Å². The van der Waals surface area contributed by atoms with Crippen LogP contribution < -0.4 is 10.3 Å². The summed E-state index contributed by atoms with van der Waals surface area (Å²) in [6.07, 6.45) is 1.65. The van der Waals surface area contributed by atoms with Crippen molar-refractivity contribution < 1.29 is 13.5 Å². The average molecular weight is 347 g/mol. The molecular weight excluding hydrogens is 328 g/mol. The number of ether oxygens (including phenoxy) is 1. The minimum absolute atomic E-state index is 0. The number of morpholine rings is 1. The minimum Gasteiger partial charge on any atom is -0.379 e. The molecule has 1 saturated heterocycles. The van der Waals surface area contributed by atoms with E-state index in [1.54, 1.807) is 6.20 Å².